The molecule has 0 aliphatic carbocycles. The Bertz CT molecular complexity index is 1270. The summed E-state index contributed by atoms with van der Waals surface area (Å²) in [6, 6.07) is 26.3. The monoisotopic (exact) mass is 472 g/mol. The van der Waals surface area contributed by atoms with Gasteiger partial charge in [0.25, 0.3) is 0 Å². The molecule has 0 saturated heterocycles. The number of benzene rings is 3. The van der Waals surface area contributed by atoms with E-state index in [1.54, 1.807) is 38.1 Å². The van der Waals surface area contributed by atoms with Gasteiger partial charge in [0.2, 0.25) is 5.91 Å². The van der Waals surface area contributed by atoms with Gasteiger partial charge >= 0.3 is 5.97 Å². The van der Waals surface area contributed by atoms with E-state index in [0.29, 0.717) is 22.2 Å². The second kappa shape index (κ2) is 10.8. The van der Waals surface area contributed by atoms with Crippen LogP contribution in [-0.2, 0) is 9.53 Å². The number of nitrogens with one attached hydrogen (secondary N) is 1. The van der Waals surface area contributed by atoms with Gasteiger partial charge in [0.15, 0.2) is 11.0 Å². The summed E-state index contributed by atoms with van der Waals surface area (Å²) < 4.78 is 7.16. The molecule has 3 aromatic carbocycles. The summed E-state index contributed by atoms with van der Waals surface area (Å²) >= 11 is 1.29. The van der Waals surface area contributed by atoms with Crippen molar-refractivity contribution in [3.05, 3.63) is 90.5 Å². The molecule has 0 atom stereocenters. The first kappa shape index (κ1) is 23.3. The molecule has 34 heavy (non-hydrogen) atoms. The number of amides is 1. The van der Waals surface area contributed by atoms with Crippen LogP contribution in [0.1, 0.15) is 24.2 Å². The zero-order chi connectivity index (χ0) is 23.9. The number of hydrogen-bond donors (Lipinski definition) is 1. The Kier molecular flexibility index (Phi) is 7.39. The minimum Gasteiger partial charge on any atom is -0.459 e. The molecule has 0 spiro atoms. The highest BCUT2D eigenvalue weighted by Crippen LogP contribution is 2.28. The van der Waals surface area contributed by atoms with Gasteiger partial charge in [0, 0.05) is 16.9 Å². The first-order valence-electron chi connectivity index (χ1n) is 10.8. The maximum absolute atomic E-state index is 12.7. The molecule has 0 aliphatic heterocycles. The average molecular weight is 473 g/mol. The van der Waals surface area contributed by atoms with E-state index in [1.165, 1.54) is 11.8 Å². The number of anilines is 1. The van der Waals surface area contributed by atoms with Crippen LogP contribution in [0, 0.1) is 0 Å². The number of ether oxygens (including phenoxy) is 1. The van der Waals surface area contributed by atoms with Gasteiger partial charge in [-0.25, -0.2) is 4.79 Å². The number of carbonyl (C=O) groups excluding carboxylic acids is 2. The highest BCUT2D eigenvalue weighted by atomic mass is 32.2. The summed E-state index contributed by atoms with van der Waals surface area (Å²) in [5.74, 6) is 0.180. The molecule has 0 saturated carbocycles. The molecule has 1 N–H and O–H groups in total. The number of hydrogen-bond acceptors (Lipinski definition) is 6. The van der Waals surface area contributed by atoms with Crippen molar-refractivity contribution in [1.82, 2.24) is 14.8 Å². The average Bonchev–Trinajstić information content (AvgIpc) is 3.28. The molecule has 172 valence electrons. The fourth-order valence-electron chi connectivity index (χ4n) is 3.28. The predicted octanol–water partition coefficient (Wildman–Crippen LogP) is 5.23. The molecule has 0 fully saturated rings. The van der Waals surface area contributed by atoms with Gasteiger partial charge in [-0.1, -0.05) is 66.4 Å². The Morgan fingerprint density at radius 1 is 0.941 bits per heavy atom. The zero-order valence-electron chi connectivity index (χ0n) is 18.8. The quantitative estimate of drug-likeness (QED) is 0.279. The van der Waals surface area contributed by atoms with Crippen LogP contribution in [0.3, 0.4) is 0 Å². The lowest BCUT2D eigenvalue weighted by Gasteiger charge is -2.11. The van der Waals surface area contributed by atoms with E-state index in [0.717, 1.165) is 11.3 Å². The Morgan fingerprint density at radius 2 is 1.65 bits per heavy atom. The lowest BCUT2D eigenvalue weighted by atomic mass is 10.2. The topological polar surface area (TPSA) is 86.1 Å². The van der Waals surface area contributed by atoms with Crippen molar-refractivity contribution >= 4 is 29.3 Å². The maximum atomic E-state index is 12.7. The first-order valence-corrected chi connectivity index (χ1v) is 11.8. The number of nitrogens with zero attached hydrogens (tertiary/aromatic N) is 3. The van der Waals surface area contributed by atoms with Gasteiger partial charge in [-0.2, -0.15) is 0 Å². The summed E-state index contributed by atoms with van der Waals surface area (Å²) in [5.41, 5.74) is 2.75. The number of esters is 1. The number of aromatic nitrogens is 3. The third kappa shape index (κ3) is 5.71. The maximum Gasteiger partial charge on any atom is 0.338 e. The van der Waals surface area contributed by atoms with Gasteiger partial charge in [-0.3, -0.25) is 9.36 Å². The van der Waals surface area contributed by atoms with Crippen LogP contribution in [0.15, 0.2) is 90.1 Å². The van der Waals surface area contributed by atoms with Crippen LogP contribution in [-0.4, -0.2) is 38.5 Å². The third-order valence-corrected chi connectivity index (χ3v) is 5.67. The van der Waals surface area contributed by atoms with Crippen molar-refractivity contribution in [2.75, 3.05) is 11.1 Å². The predicted molar refractivity (Wildman–Crippen MR) is 133 cm³/mol. The van der Waals surface area contributed by atoms with Gasteiger partial charge < -0.3 is 10.1 Å². The van der Waals surface area contributed by atoms with E-state index in [4.69, 9.17) is 4.74 Å². The molecule has 1 heterocycles. The Hall–Kier alpha value is -3.91. The minimum atomic E-state index is -0.426. The molecule has 0 aliphatic rings. The number of para-hydroxylation sites is 1. The van der Waals surface area contributed by atoms with Gasteiger partial charge in [0.1, 0.15) is 0 Å². The van der Waals surface area contributed by atoms with Crippen molar-refractivity contribution in [3.63, 3.8) is 0 Å². The smallest absolute Gasteiger partial charge is 0.338 e. The third-order valence-electron chi connectivity index (χ3n) is 4.74. The van der Waals surface area contributed by atoms with Crippen LogP contribution in [0.4, 0.5) is 5.69 Å². The molecule has 0 bridgehead atoms. The molecule has 4 aromatic rings. The molecular weight excluding hydrogens is 448 g/mol. The Morgan fingerprint density at radius 3 is 2.35 bits per heavy atom. The number of rotatable bonds is 8. The minimum absolute atomic E-state index is 0.125. The molecule has 1 amide bonds. The van der Waals surface area contributed by atoms with Crippen molar-refractivity contribution in [2.45, 2.75) is 25.1 Å². The molecule has 4 rings (SSSR count). The number of thioether (sulfide) groups is 1. The van der Waals surface area contributed by atoms with Crippen molar-refractivity contribution in [3.8, 4) is 17.1 Å². The van der Waals surface area contributed by atoms with E-state index in [1.807, 2.05) is 65.2 Å². The first-order chi connectivity index (χ1) is 16.5. The fourth-order valence-corrected chi connectivity index (χ4v) is 4.03. The summed E-state index contributed by atoms with van der Waals surface area (Å²) in [6.07, 6.45) is -0.218. The standard InChI is InChI=1S/C26H24N4O3S/c1-18(2)33-25(32)20-12-9-13-21(16-20)27-23(31)17-34-26-29-28-24(19-10-5-3-6-11-19)30(26)22-14-7-4-8-15-22/h3-16,18H,17H2,1-2H3,(H,27,31). The van der Waals surface area contributed by atoms with Crippen molar-refractivity contribution in [1.29, 1.82) is 0 Å². The van der Waals surface area contributed by atoms with Crippen LogP contribution in [0.25, 0.3) is 17.1 Å². The molecular formula is C26H24N4O3S. The highest BCUT2D eigenvalue weighted by molar-refractivity contribution is 7.99. The van der Waals surface area contributed by atoms with E-state index in [9.17, 15) is 9.59 Å². The molecule has 7 nitrogen and oxygen atoms in total. The summed E-state index contributed by atoms with van der Waals surface area (Å²) in [6.45, 7) is 3.58. The fraction of sp³-hybridized carbons (Fsp3) is 0.154. The van der Waals surface area contributed by atoms with E-state index >= 15 is 0 Å². The normalized spacial score (nSPS) is 10.8. The molecule has 0 radical (unpaired) electrons. The van der Waals surface area contributed by atoms with Gasteiger partial charge in [-0.15, -0.1) is 10.2 Å². The van der Waals surface area contributed by atoms with Crippen molar-refractivity contribution in [2.24, 2.45) is 0 Å². The number of carbonyl (C=O) groups is 2. The second-order valence-electron chi connectivity index (χ2n) is 7.71. The lowest BCUT2D eigenvalue weighted by Crippen LogP contribution is -2.16. The summed E-state index contributed by atoms with van der Waals surface area (Å²) in [5, 5.41) is 12.2. The summed E-state index contributed by atoms with van der Waals surface area (Å²) in [4.78, 5) is 24.8. The van der Waals surface area contributed by atoms with E-state index < -0.39 is 5.97 Å². The van der Waals surface area contributed by atoms with Crippen LogP contribution in [0.5, 0.6) is 0 Å². The van der Waals surface area contributed by atoms with Crippen LogP contribution < -0.4 is 5.32 Å². The highest BCUT2D eigenvalue weighted by Gasteiger charge is 2.17. The van der Waals surface area contributed by atoms with Crippen LogP contribution >= 0.6 is 11.8 Å². The molecule has 1 aromatic heterocycles. The van der Waals surface area contributed by atoms with Gasteiger partial charge in [0.05, 0.1) is 17.4 Å². The lowest BCUT2D eigenvalue weighted by molar-refractivity contribution is -0.113. The second-order valence-corrected chi connectivity index (χ2v) is 8.66. The zero-order valence-corrected chi connectivity index (χ0v) is 19.7. The summed E-state index contributed by atoms with van der Waals surface area (Å²) in [7, 11) is 0. The largest absolute Gasteiger partial charge is 0.459 e. The van der Waals surface area contributed by atoms with E-state index in [2.05, 4.69) is 15.5 Å². The van der Waals surface area contributed by atoms with Crippen LogP contribution in [0.2, 0.25) is 0 Å². The van der Waals surface area contributed by atoms with Gasteiger partial charge in [-0.05, 0) is 44.2 Å². The molecule has 8 heteroatoms. The Balaban J connectivity index is 1.49. The van der Waals surface area contributed by atoms with Crippen molar-refractivity contribution < 1.29 is 14.3 Å². The SMILES string of the molecule is CC(C)OC(=O)c1cccc(NC(=O)CSc2nnc(-c3ccccc3)n2-c2ccccc2)c1. The van der Waals surface area contributed by atoms with E-state index in [-0.39, 0.29) is 17.8 Å². The Labute approximate surface area is 202 Å². The molecule has 0 unspecified atom stereocenters.